The van der Waals surface area contributed by atoms with Crippen LogP contribution in [0.2, 0.25) is 0 Å². The number of fused-ring (bicyclic) bond motifs is 2. The quantitative estimate of drug-likeness (QED) is 0.660. The molecule has 3 nitrogen and oxygen atoms in total. The summed E-state index contributed by atoms with van der Waals surface area (Å²) in [6, 6.07) is 1.55. The van der Waals surface area contributed by atoms with Crippen molar-refractivity contribution in [2.24, 2.45) is 0 Å². The second kappa shape index (κ2) is 2.42. The zero-order valence-corrected chi connectivity index (χ0v) is 7.63. The molecule has 3 rings (SSSR count). The number of nitrogens with zero attached hydrogens (tertiary/aromatic N) is 3. The van der Waals surface area contributed by atoms with E-state index >= 15 is 0 Å². The Labute approximate surface area is 75.7 Å². The molecule has 2 aliphatic rings. The predicted octanol–water partition coefficient (Wildman–Crippen LogP) is 1.67. The van der Waals surface area contributed by atoms with E-state index in [0.717, 1.165) is 17.9 Å². The van der Waals surface area contributed by atoms with E-state index in [2.05, 4.69) is 13.6 Å². The summed E-state index contributed by atoms with van der Waals surface area (Å²) in [5.74, 6) is 1.12. The SMILES string of the molecule is c1nsnc1N1C2CCC1CC2. The van der Waals surface area contributed by atoms with Gasteiger partial charge in [0.1, 0.15) is 0 Å². The van der Waals surface area contributed by atoms with Gasteiger partial charge in [-0.05, 0) is 25.7 Å². The highest BCUT2D eigenvalue weighted by Crippen LogP contribution is 2.39. The van der Waals surface area contributed by atoms with E-state index in [0.29, 0.717) is 0 Å². The molecule has 0 unspecified atom stereocenters. The molecule has 1 aromatic rings. The van der Waals surface area contributed by atoms with Crippen LogP contribution in [-0.4, -0.2) is 20.8 Å². The molecule has 4 heteroatoms. The summed E-state index contributed by atoms with van der Waals surface area (Å²) in [5.41, 5.74) is 0. The lowest BCUT2D eigenvalue weighted by Gasteiger charge is -2.20. The van der Waals surface area contributed by atoms with Gasteiger partial charge in [-0.3, -0.25) is 0 Å². The van der Waals surface area contributed by atoms with Crippen LogP contribution in [0.15, 0.2) is 6.20 Å². The van der Waals surface area contributed by atoms with E-state index in [-0.39, 0.29) is 0 Å². The lowest BCUT2D eigenvalue weighted by molar-refractivity contribution is 0.576. The van der Waals surface area contributed by atoms with Gasteiger partial charge in [0.25, 0.3) is 0 Å². The van der Waals surface area contributed by atoms with Gasteiger partial charge in [-0.15, -0.1) is 0 Å². The molecular weight excluding hydrogens is 170 g/mol. The van der Waals surface area contributed by atoms with E-state index < -0.39 is 0 Å². The predicted molar refractivity (Wildman–Crippen MR) is 48.4 cm³/mol. The van der Waals surface area contributed by atoms with Crippen molar-refractivity contribution in [3.05, 3.63) is 6.20 Å². The number of anilines is 1. The maximum atomic E-state index is 4.30. The van der Waals surface area contributed by atoms with Gasteiger partial charge in [0, 0.05) is 12.1 Å². The van der Waals surface area contributed by atoms with Crippen LogP contribution in [-0.2, 0) is 0 Å². The third-order valence-electron chi connectivity index (χ3n) is 3.07. The van der Waals surface area contributed by atoms with Crippen LogP contribution >= 0.6 is 11.7 Å². The van der Waals surface area contributed by atoms with Gasteiger partial charge in [-0.25, -0.2) is 0 Å². The Kier molecular flexibility index (Phi) is 1.38. The summed E-state index contributed by atoms with van der Waals surface area (Å²) in [5, 5.41) is 0. The second-order valence-electron chi connectivity index (χ2n) is 3.64. The molecule has 0 N–H and O–H groups in total. The molecule has 2 saturated heterocycles. The fourth-order valence-corrected chi connectivity index (χ4v) is 2.97. The van der Waals surface area contributed by atoms with Gasteiger partial charge in [0.05, 0.1) is 17.9 Å². The molecule has 3 heterocycles. The lowest BCUT2D eigenvalue weighted by atomic mass is 10.0. The highest BCUT2D eigenvalue weighted by molar-refractivity contribution is 6.99. The zero-order valence-electron chi connectivity index (χ0n) is 6.81. The molecule has 0 amide bonds. The Bertz CT molecular complexity index is 252. The monoisotopic (exact) mass is 181 g/mol. The normalized spacial score (nSPS) is 33.2. The minimum atomic E-state index is 0.777. The van der Waals surface area contributed by atoms with Gasteiger partial charge in [-0.1, -0.05) is 0 Å². The van der Waals surface area contributed by atoms with E-state index in [1.54, 1.807) is 0 Å². The minimum Gasteiger partial charge on any atom is -0.348 e. The molecule has 2 aliphatic heterocycles. The lowest BCUT2D eigenvalue weighted by Crippen LogP contribution is -2.28. The topological polar surface area (TPSA) is 29.0 Å². The van der Waals surface area contributed by atoms with Gasteiger partial charge >= 0.3 is 0 Å². The number of hydrogen-bond acceptors (Lipinski definition) is 4. The largest absolute Gasteiger partial charge is 0.348 e. The Morgan fingerprint density at radius 1 is 1.25 bits per heavy atom. The van der Waals surface area contributed by atoms with Crippen molar-refractivity contribution in [1.29, 1.82) is 0 Å². The molecule has 64 valence electrons. The fraction of sp³-hybridized carbons (Fsp3) is 0.750. The molecule has 2 bridgehead atoms. The third-order valence-corrected chi connectivity index (χ3v) is 3.54. The molecule has 1 aromatic heterocycles. The van der Waals surface area contributed by atoms with Crippen LogP contribution in [0.25, 0.3) is 0 Å². The first-order valence-electron chi connectivity index (χ1n) is 4.51. The molecule has 0 atom stereocenters. The Hall–Kier alpha value is -0.640. The van der Waals surface area contributed by atoms with E-state index in [4.69, 9.17) is 0 Å². The average molecular weight is 181 g/mol. The molecule has 0 saturated carbocycles. The maximum Gasteiger partial charge on any atom is 0.163 e. The van der Waals surface area contributed by atoms with Gasteiger partial charge in [-0.2, -0.15) is 8.75 Å². The second-order valence-corrected chi connectivity index (χ2v) is 4.19. The zero-order chi connectivity index (χ0) is 7.97. The molecule has 0 aromatic carbocycles. The van der Waals surface area contributed by atoms with Crippen LogP contribution in [0, 0.1) is 0 Å². The van der Waals surface area contributed by atoms with Crippen molar-refractivity contribution in [2.45, 2.75) is 37.8 Å². The van der Waals surface area contributed by atoms with E-state index in [1.807, 2.05) is 6.20 Å². The van der Waals surface area contributed by atoms with Crippen molar-refractivity contribution in [3.63, 3.8) is 0 Å². The summed E-state index contributed by atoms with van der Waals surface area (Å²) in [4.78, 5) is 2.48. The van der Waals surface area contributed by atoms with E-state index in [9.17, 15) is 0 Å². The molecule has 2 fully saturated rings. The number of rotatable bonds is 1. The molecule has 0 aliphatic carbocycles. The Balaban J connectivity index is 1.94. The molecule has 12 heavy (non-hydrogen) atoms. The summed E-state index contributed by atoms with van der Waals surface area (Å²) in [6.07, 6.45) is 7.36. The Morgan fingerprint density at radius 2 is 1.92 bits per heavy atom. The van der Waals surface area contributed by atoms with Crippen molar-refractivity contribution in [1.82, 2.24) is 8.75 Å². The smallest absolute Gasteiger partial charge is 0.163 e. The van der Waals surface area contributed by atoms with Crippen LogP contribution < -0.4 is 4.90 Å². The van der Waals surface area contributed by atoms with E-state index in [1.165, 1.54) is 37.4 Å². The number of hydrogen-bond donors (Lipinski definition) is 0. The summed E-state index contributed by atoms with van der Waals surface area (Å²) >= 11 is 1.32. The van der Waals surface area contributed by atoms with Crippen molar-refractivity contribution in [3.8, 4) is 0 Å². The minimum absolute atomic E-state index is 0.777. The van der Waals surface area contributed by atoms with Crippen LogP contribution in [0.4, 0.5) is 5.82 Å². The highest BCUT2D eigenvalue weighted by atomic mass is 32.1. The molecular formula is C8H11N3S. The van der Waals surface area contributed by atoms with Gasteiger partial charge < -0.3 is 4.90 Å². The van der Waals surface area contributed by atoms with Gasteiger partial charge in [0.2, 0.25) is 0 Å². The summed E-state index contributed by atoms with van der Waals surface area (Å²) in [6.45, 7) is 0. The van der Waals surface area contributed by atoms with Crippen LogP contribution in [0.3, 0.4) is 0 Å². The van der Waals surface area contributed by atoms with Crippen molar-refractivity contribution in [2.75, 3.05) is 4.90 Å². The average Bonchev–Trinajstić information content (AvgIpc) is 2.78. The van der Waals surface area contributed by atoms with Crippen LogP contribution in [0.5, 0.6) is 0 Å². The molecule has 0 radical (unpaired) electrons. The number of aromatic nitrogens is 2. The van der Waals surface area contributed by atoms with Crippen LogP contribution in [0.1, 0.15) is 25.7 Å². The first-order chi connectivity index (χ1) is 5.95. The van der Waals surface area contributed by atoms with Gasteiger partial charge in [0.15, 0.2) is 5.82 Å². The van der Waals surface area contributed by atoms with Crippen molar-refractivity contribution >= 4 is 17.5 Å². The first kappa shape index (κ1) is 6.83. The summed E-state index contributed by atoms with van der Waals surface area (Å²) in [7, 11) is 0. The van der Waals surface area contributed by atoms with Crippen molar-refractivity contribution < 1.29 is 0 Å². The first-order valence-corrected chi connectivity index (χ1v) is 5.24. The third kappa shape index (κ3) is 0.813. The maximum absolute atomic E-state index is 4.30. The highest BCUT2D eigenvalue weighted by Gasteiger charge is 2.40. The molecule has 0 spiro atoms. The standard InChI is InChI=1S/C8H11N3S/c1-2-7-4-3-6(1)11(7)8-5-9-12-10-8/h5-7H,1-4H2. The Morgan fingerprint density at radius 3 is 2.42 bits per heavy atom. The summed E-state index contributed by atoms with van der Waals surface area (Å²) < 4.78 is 8.35. The fourth-order valence-electron chi connectivity index (χ4n) is 2.56.